The first-order valence-electron chi connectivity index (χ1n) is 7.99. The van der Waals surface area contributed by atoms with E-state index in [2.05, 4.69) is 43.3 Å². The van der Waals surface area contributed by atoms with Gasteiger partial charge < -0.3 is 24.5 Å². The average molecular weight is 356 g/mol. The van der Waals surface area contributed by atoms with Crippen LogP contribution >= 0.6 is 0 Å². The van der Waals surface area contributed by atoms with Gasteiger partial charge in [-0.2, -0.15) is 0 Å². The van der Waals surface area contributed by atoms with E-state index in [1.54, 1.807) is 0 Å². The summed E-state index contributed by atoms with van der Waals surface area (Å²) in [6.45, 7) is 12.4. The maximum atomic E-state index is 11.8. The Hall–Kier alpha value is -1.96. The number of likely N-dealkylation sites (tertiary alicyclic amines) is 1. The van der Waals surface area contributed by atoms with Gasteiger partial charge in [0.15, 0.2) is 0 Å². The lowest BCUT2D eigenvalue weighted by atomic mass is 10.2. The second-order valence-electron chi connectivity index (χ2n) is 7.19. The summed E-state index contributed by atoms with van der Waals surface area (Å²) >= 11 is 0. The van der Waals surface area contributed by atoms with E-state index in [0.29, 0.717) is 0 Å². The third-order valence-corrected chi connectivity index (χ3v) is 8.56. The molecule has 24 heavy (non-hydrogen) atoms. The van der Waals surface area contributed by atoms with Gasteiger partial charge in [-0.1, -0.05) is 20.8 Å². The molecule has 2 N–H and O–H groups in total. The molecular weight excluding hydrogens is 328 g/mol. The van der Waals surface area contributed by atoms with Crippen LogP contribution in [0.1, 0.15) is 33.6 Å². The van der Waals surface area contributed by atoms with E-state index in [0.717, 1.165) is 32.2 Å². The van der Waals surface area contributed by atoms with Crippen LogP contribution in [0.15, 0.2) is 24.5 Å². The largest absolute Gasteiger partial charge is 0.503 e. The van der Waals surface area contributed by atoms with E-state index in [-0.39, 0.29) is 16.9 Å². The van der Waals surface area contributed by atoms with Gasteiger partial charge in [-0.3, -0.25) is 4.79 Å². The minimum absolute atomic E-state index is 0.0116. The maximum Gasteiger partial charge on any atom is 0.396 e. The van der Waals surface area contributed by atoms with Crippen molar-refractivity contribution in [3.63, 3.8) is 0 Å². The molecule has 2 aliphatic heterocycles. The zero-order chi connectivity index (χ0) is 18.4. The number of primary amides is 1. The van der Waals surface area contributed by atoms with Gasteiger partial charge in [0.05, 0.1) is 0 Å². The van der Waals surface area contributed by atoms with Gasteiger partial charge in [-0.15, -0.1) is 0 Å². The van der Waals surface area contributed by atoms with Crippen molar-refractivity contribution in [3.05, 3.63) is 24.5 Å². The summed E-state index contributed by atoms with van der Waals surface area (Å²) in [4.78, 5) is 23.9. The van der Waals surface area contributed by atoms with E-state index in [4.69, 9.17) is 10.2 Å². The molecule has 2 aliphatic rings. The number of ether oxygens (including phenoxy) is 2. The molecule has 2 amide bonds. The van der Waals surface area contributed by atoms with Gasteiger partial charge in [0.2, 0.25) is 5.76 Å². The average Bonchev–Trinajstić information content (AvgIpc) is 3.01. The van der Waals surface area contributed by atoms with Crippen LogP contribution in [0.3, 0.4) is 0 Å². The lowest BCUT2D eigenvalue weighted by Gasteiger charge is -2.36. The van der Waals surface area contributed by atoms with Gasteiger partial charge >= 0.3 is 6.09 Å². The molecule has 7 nitrogen and oxygen atoms in total. The Morgan fingerprint density at radius 1 is 1.21 bits per heavy atom. The number of carbonyl (C=O) groups excluding carboxylic acids is 2. The number of rotatable bonds is 2. The van der Waals surface area contributed by atoms with Crippen molar-refractivity contribution in [3.8, 4) is 0 Å². The fourth-order valence-corrected chi connectivity index (χ4v) is 2.59. The van der Waals surface area contributed by atoms with Crippen LogP contribution in [-0.2, 0) is 18.7 Å². The number of amides is 2. The van der Waals surface area contributed by atoms with Crippen LogP contribution in [0, 0.1) is 0 Å². The minimum atomic E-state index is -1.93. The molecule has 0 aromatic rings. The van der Waals surface area contributed by atoms with Crippen LogP contribution in [0.5, 0.6) is 0 Å². The highest BCUT2D eigenvalue weighted by Crippen LogP contribution is 2.37. The Balaban J connectivity index is 0.000000272. The number of nitrogens with zero attached hydrogens (tertiary/aromatic N) is 1. The summed E-state index contributed by atoms with van der Waals surface area (Å²) in [6, 6.07) is 0. The van der Waals surface area contributed by atoms with Crippen molar-refractivity contribution in [2.45, 2.75) is 51.7 Å². The standard InChI is InChI=1S/C11H23NO2Si.C5H5NO3/c1-11(2,3)15(4,5)14-10(13)12-8-6-7-9-12;6-5(7)4-3-8-1-2-9-4/h6-9H2,1-5H3;1-3H,(H2,6,7). The summed E-state index contributed by atoms with van der Waals surface area (Å²) in [5.41, 5.74) is 4.82. The van der Waals surface area contributed by atoms with E-state index < -0.39 is 14.2 Å². The predicted octanol–water partition coefficient (Wildman–Crippen LogP) is 3.06. The minimum Gasteiger partial charge on any atom is -0.503 e. The Morgan fingerprint density at radius 2 is 1.79 bits per heavy atom. The molecule has 2 heterocycles. The van der Waals surface area contributed by atoms with E-state index >= 15 is 0 Å². The zero-order valence-electron chi connectivity index (χ0n) is 15.1. The molecule has 1 saturated heterocycles. The molecule has 0 aromatic heterocycles. The molecule has 0 saturated carbocycles. The molecule has 0 bridgehead atoms. The van der Waals surface area contributed by atoms with E-state index in [9.17, 15) is 9.59 Å². The Morgan fingerprint density at radius 3 is 2.17 bits per heavy atom. The van der Waals surface area contributed by atoms with Gasteiger partial charge in [0, 0.05) is 13.1 Å². The first-order chi connectivity index (χ1) is 11.0. The molecule has 136 valence electrons. The highest BCUT2D eigenvalue weighted by molar-refractivity contribution is 6.75. The third-order valence-electron chi connectivity index (χ3n) is 4.26. The molecule has 0 spiro atoms. The van der Waals surface area contributed by atoms with Crippen molar-refractivity contribution < 1.29 is 23.5 Å². The fourth-order valence-electron chi connectivity index (χ4n) is 1.71. The number of carbonyl (C=O) groups is 2. The fraction of sp³-hybridized carbons (Fsp3) is 0.625. The smallest absolute Gasteiger partial charge is 0.396 e. The highest BCUT2D eigenvalue weighted by Gasteiger charge is 2.41. The van der Waals surface area contributed by atoms with E-state index in [1.165, 1.54) is 12.5 Å². The second kappa shape index (κ2) is 8.23. The topological polar surface area (TPSA) is 91.1 Å². The van der Waals surface area contributed by atoms with Gasteiger partial charge in [0.1, 0.15) is 18.8 Å². The number of nitrogens with two attached hydrogens (primary N) is 1. The first kappa shape index (κ1) is 20.1. The molecule has 1 fully saturated rings. The number of hydrogen-bond acceptors (Lipinski definition) is 5. The molecule has 2 rings (SSSR count). The first-order valence-corrected chi connectivity index (χ1v) is 10.9. The molecule has 8 heteroatoms. The SMILES string of the molecule is CC(C)(C)[Si](C)(C)OC(=O)N1CCCC1.NC(=O)C1=COC=CO1. The summed E-state index contributed by atoms with van der Waals surface area (Å²) in [6.07, 6.45) is 5.81. The van der Waals surface area contributed by atoms with Crippen LogP contribution in [-0.4, -0.2) is 38.3 Å². The van der Waals surface area contributed by atoms with Gasteiger partial charge in [-0.05, 0) is 31.0 Å². The van der Waals surface area contributed by atoms with Gasteiger partial charge in [-0.25, -0.2) is 4.79 Å². The molecule has 0 radical (unpaired) electrons. The van der Waals surface area contributed by atoms with Crippen molar-refractivity contribution in [2.24, 2.45) is 5.73 Å². The normalized spacial score (nSPS) is 17.0. The maximum absolute atomic E-state index is 11.8. The molecule has 0 unspecified atom stereocenters. The van der Waals surface area contributed by atoms with Crippen LogP contribution in [0.4, 0.5) is 4.79 Å². The molecule has 0 aromatic carbocycles. The molecule has 0 aliphatic carbocycles. The summed E-state index contributed by atoms with van der Waals surface area (Å²) in [5, 5.41) is 0.0996. The lowest BCUT2D eigenvalue weighted by Crippen LogP contribution is -2.46. The second-order valence-corrected chi connectivity index (χ2v) is 11.9. The molecular formula is C16H28N2O5Si. The van der Waals surface area contributed by atoms with E-state index in [1.807, 2.05) is 4.90 Å². The lowest BCUT2D eigenvalue weighted by molar-refractivity contribution is -0.117. The Bertz CT molecular complexity index is 517. The summed E-state index contributed by atoms with van der Waals surface area (Å²) in [5.74, 6) is -0.628. The van der Waals surface area contributed by atoms with Crippen molar-refractivity contribution >= 4 is 20.3 Å². The summed E-state index contributed by atoms with van der Waals surface area (Å²) in [7, 11) is -1.93. The number of hydrogen-bond donors (Lipinski definition) is 1. The summed E-state index contributed by atoms with van der Waals surface area (Å²) < 4.78 is 14.9. The van der Waals surface area contributed by atoms with Gasteiger partial charge in [0.25, 0.3) is 14.2 Å². The Kier molecular flexibility index (Phi) is 6.89. The monoisotopic (exact) mass is 356 g/mol. The van der Waals surface area contributed by atoms with Crippen molar-refractivity contribution in [2.75, 3.05) is 13.1 Å². The highest BCUT2D eigenvalue weighted by atomic mass is 28.4. The quantitative estimate of drug-likeness (QED) is 0.768. The van der Waals surface area contributed by atoms with Crippen molar-refractivity contribution in [1.82, 2.24) is 4.90 Å². The molecule has 0 atom stereocenters. The predicted molar refractivity (Wildman–Crippen MR) is 93.1 cm³/mol. The zero-order valence-corrected chi connectivity index (χ0v) is 16.1. The van der Waals surface area contributed by atoms with Crippen LogP contribution < -0.4 is 5.73 Å². The van der Waals surface area contributed by atoms with Crippen molar-refractivity contribution in [1.29, 1.82) is 0 Å². The van der Waals surface area contributed by atoms with Crippen LogP contribution in [0.25, 0.3) is 0 Å². The third kappa shape index (κ3) is 5.92. The van der Waals surface area contributed by atoms with Crippen LogP contribution in [0.2, 0.25) is 18.1 Å². The Labute approximate surface area is 144 Å².